The van der Waals surface area contributed by atoms with Gasteiger partial charge in [-0.05, 0) is 32.9 Å². The summed E-state index contributed by atoms with van der Waals surface area (Å²) in [5.41, 5.74) is 7.61. The molecule has 3 N–H and O–H groups in total. The quantitative estimate of drug-likeness (QED) is 0.812. The van der Waals surface area contributed by atoms with Gasteiger partial charge in [0.15, 0.2) is 0 Å². The van der Waals surface area contributed by atoms with E-state index >= 15 is 0 Å². The van der Waals surface area contributed by atoms with Crippen LogP contribution in [-0.4, -0.2) is 24.2 Å². The molecule has 0 aliphatic carbocycles. The van der Waals surface area contributed by atoms with Gasteiger partial charge in [0, 0.05) is 30.3 Å². The minimum Gasteiger partial charge on any atom is -0.398 e. The van der Waals surface area contributed by atoms with E-state index in [2.05, 4.69) is 17.2 Å². The molecule has 88 valence electrons. The van der Waals surface area contributed by atoms with Gasteiger partial charge in [-0.15, -0.1) is 0 Å². The van der Waals surface area contributed by atoms with Crippen LogP contribution in [0.15, 0.2) is 18.5 Å². The van der Waals surface area contributed by atoms with Crippen molar-refractivity contribution in [3.05, 3.63) is 24.0 Å². The first-order valence-electron chi connectivity index (χ1n) is 5.68. The number of nitrogens with two attached hydrogens (primary N) is 1. The molecule has 1 aromatic rings. The third-order valence-corrected chi connectivity index (χ3v) is 3.35. The highest BCUT2D eigenvalue weighted by molar-refractivity contribution is 5.47. The van der Waals surface area contributed by atoms with Gasteiger partial charge in [0.2, 0.25) is 0 Å². The van der Waals surface area contributed by atoms with E-state index in [1.165, 1.54) is 0 Å². The van der Waals surface area contributed by atoms with Gasteiger partial charge in [-0.2, -0.15) is 0 Å². The van der Waals surface area contributed by atoms with E-state index in [-0.39, 0.29) is 11.6 Å². The molecule has 1 aromatic heterocycles. The Morgan fingerprint density at radius 3 is 3.00 bits per heavy atom. The lowest BCUT2D eigenvalue weighted by Crippen LogP contribution is -2.40. The van der Waals surface area contributed by atoms with Gasteiger partial charge in [0.25, 0.3) is 0 Å². The lowest BCUT2D eigenvalue weighted by atomic mass is 9.88. The van der Waals surface area contributed by atoms with Crippen LogP contribution in [0.25, 0.3) is 0 Å². The molecule has 0 amide bonds. The van der Waals surface area contributed by atoms with Crippen LogP contribution in [0.1, 0.15) is 31.4 Å². The highest BCUT2D eigenvalue weighted by atomic mass is 16.5. The number of nitrogens with zero attached hydrogens (tertiary/aromatic N) is 1. The standard InChI is InChI=1S/C12H19N3O/c1-12(5-3-7-16-12)11(14-2)9-8-15-6-4-10(9)13/h4,6,8,11,14H,3,5,7H2,1-2H3,(H2,13,15). The van der Waals surface area contributed by atoms with Crippen molar-refractivity contribution in [3.63, 3.8) is 0 Å². The molecule has 2 rings (SSSR count). The van der Waals surface area contributed by atoms with Crippen molar-refractivity contribution in [2.24, 2.45) is 0 Å². The molecule has 2 heterocycles. The van der Waals surface area contributed by atoms with E-state index in [1.54, 1.807) is 6.20 Å². The van der Waals surface area contributed by atoms with Crippen LogP contribution >= 0.6 is 0 Å². The second-order valence-corrected chi connectivity index (χ2v) is 4.49. The van der Waals surface area contributed by atoms with Crippen molar-refractivity contribution >= 4 is 5.69 Å². The molecular formula is C12H19N3O. The highest BCUT2D eigenvalue weighted by Crippen LogP contribution is 2.38. The molecule has 1 aliphatic heterocycles. The van der Waals surface area contributed by atoms with E-state index in [9.17, 15) is 0 Å². The summed E-state index contributed by atoms with van der Waals surface area (Å²) in [6, 6.07) is 1.93. The van der Waals surface area contributed by atoms with Crippen molar-refractivity contribution in [1.29, 1.82) is 0 Å². The Hall–Kier alpha value is -1.13. The zero-order valence-corrected chi connectivity index (χ0v) is 9.86. The molecule has 4 heteroatoms. The topological polar surface area (TPSA) is 60.2 Å². The fourth-order valence-electron chi connectivity index (χ4n) is 2.48. The maximum atomic E-state index is 5.99. The predicted molar refractivity (Wildman–Crippen MR) is 64.0 cm³/mol. The lowest BCUT2D eigenvalue weighted by Gasteiger charge is -2.33. The van der Waals surface area contributed by atoms with Gasteiger partial charge in [-0.25, -0.2) is 0 Å². The van der Waals surface area contributed by atoms with Crippen molar-refractivity contribution in [1.82, 2.24) is 10.3 Å². The molecule has 0 bridgehead atoms. The molecule has 0 saturated carbocycles. The molecule has 0 spiro atoms. The zero-order valence-electron chi connectivity index (χ0n) is 9.86. The van der Waals surface area contributed by atoms with Crippen LogP contribution in [0.3, 0.4) is 0 Å². The fraction of sp³-hybridized carbons (Fsp3) is 0.583. The first-order chi connectivity index (χ1) is 7.67. The monoisotopic (exact) mass is 221 g/mol. The van der Waals surface area contributed by atoms with E-state index in [1.807, 2.05) is 19.3 Å². The number of pyridine rings is 1. The van der Waals surface area contributed by atoms with Crippen LogP contribution in [-0.2, 0) is 4.74 Å². The molecular weight excluding hydrogens is 202 g/mol. The number of ether oxygens (including phenoxy) is 1. The Morgan fingerprint density at radius 2 is 2.44 bits per heavy atom. The number of likely N-dealkylation sites (N-methyl/N-ethyl adjacent to an activating group) is 1. The van der Waals surface area contributed by atoms with Gasteiger partial charge in [-0.1, -0.05) is 0 Å². The van der Waals surface area contributed by atoms with Crippen LogP contribution in [0.2, 0.25) is 0 Å². The SMILES string of the molecule is CNC(c1cnccc1N)C1(C)CCCO1. The number of anilines is 1. The van der Waals surface area contributed by atoms with Crippen LogP contribution < -0.4 is 11.1 Å². The van der Waals surface area contributed by atoms with E-state index in [4.69, 9.17) is 10.5 Å². The molecule has 2 unspecified atom stereocenters. The molecule has 0 aromatic carbocycles. The fourth-order valence-corrected chi connectivity index (χ4v) is 2.48. The first-order valence-corrected chi connectivity index (χ1v) is 5.68. The minimum atomic E-state index is -0.175. The van der Waals surface area contributed by atoms with Crippen LogP contribution in [0.5, 0.6) is 0 Å². The average molecular weight is 221 g/mol. The molecule has 4 nitrogen and oxygen atoms in total. The Labute approximate surface area is 96.2 Å². The Morgan fingerprint density at radius 1 is 1.62 bits per heavy atom. The molecule has 2 atom stereocenters. The number of nitrogen functional groups attached to an aromatic ring is 1. The van der Waals surface area contributed by atoms with Crippen molar-refractivity contribution in [3.8, 4) is 0 Å². The summed E-state index contributed by atoms with van der Waals surface area (Å²) in [6.07, 6.45) is 5.69. The second-order valence-electron chi connectivity index (χ2n) is 4.49. The smallest absolute Gasteiger partial charge is 0.0850 e. The van der Waals surface area contributed by atoms with Gasteiger partial charge in [0.05, 0.1) is 11.6 Å². The maximum absolute atomic E-state index is 5.99. The Kier molecular flexibility index (Phi) is 3.12. The van der Waals surface area contributed by atoms with Gasteiger partial charge in [-0.3, -0.25) is 4.98 Å². The number of hydrogen-bond donors (Lipinski definition) is 2. The summed E-state index contributed by atoms with van der Waals surface area (Å²) in [7, 11) is 1.93. The third-order valence-electron chi connectivity index (χ3n) is 3.35. The summed E-state index contributed by atoms with van der Waals surface area (Å²) in [6.45, 7) is 2.96. The number of hydrogen-bond acceptors (Lipinski definition) is 4. The normalized spacial score (nSPS) is 26.9. The van der Waals surface area contributed by atoms with E-state index in [0.717, 1.165) is 30.7 Å². The number of nitrogens with one attached hydrogen (secondary N) is 1. The van der Waals surface area contributed by atoms with E-state index in [0.29, 0.717) is 0 Å². The van der Waals surface area contributed by atoms with Gasteiger partial charge < -0.3 is 15.8 Å². The maximum Gasteiger partial charge on any atom is 0.0850 e. The van der Waals surface area contributed by atoms with Crippen molar-refractivity contribution < 1.29 is 4.74 Å². The molecule has 1 fully saturated rings. The first kappa shape index (κ1) is 11.4. The van der Waals surface area contributed by atoms with Gasteiger partial charge >= 0.3 is 0 Å². The lowest BCUT2D eigenvalue weighted by molar-refractivity contribution is -0.0103. The predicted octanol–water partition coefficient (Wildman–Crippen LogP) is 1.49. The largest absolute Gasteiger partial charge is 0.398 e. The van der Waals surface area contributed by atoms with Gasteiger partial charge in [0.1, 0.15) is 0 Å². The zero-order chi connectivity index (χ0) is 11.6. The van der Waals surface area contributed by atoms with Crippen molar-refractivity contribution in [2.45, 2.75) is 31.4 Å². The third kappa shape index (κ3) is 1.90. The summed E-state index contributed by atoms with van der Waals surface area (Å²) < 4.78 is 5.86. The Balaban J connectivity index is 2.32. The number of rotatable bonds is 3. The second kappa shape index (κ2) is 4.39. The number of aromatic nitrogens is 1. The van der Waals surface area contributed by atoms with Crippen LogP contribution in [0, 0.1) is 0 Å². The molecule has 1 aliphatic rings. The highest BCUT2D eigenvalue weighted by Gasteiger charge is 2.39. The summed E-state index contributed by atoms with van der Waals surface area (Å²) >= 11 is 0. The Bertz CT molecular complexity index is 361. The molecule has 0 radical (unpaired) electrons. The van der Waals surface area contributed by atoms with Crippen molar-refractivity contribution in [2.75, 3.05) is 19.4 Å². The summed E-state index contributed by atoms with van der Waals surface area (Å²) in [5.74, 6) is 0. The minimum absolute atomic E-state index is 0.101. The summed E-state index contributed by atoms with van der Waals surface area (Å²) in [4.78, 5) is 4.14. The van der Waals surface area contributed by atoms with E-state index < -0.39 is 0 Å². The molecule has 16 heavy (non-hydrogen) atoms. The van der Waals surface area contributed by atoms with Crippen LogP contribution in [0.4, 0.5) is 5.69 Å². The average Bonchev–Trinajstić information content (AvgIpc) is 2.70. The summed E-state index contributed by atoms with van der Waals surface area (Å²) in [5, 5.41) is 3.30. The molecule has 1 saturated heterocycles.